The van der Waals surface area contributed by atoms with Crippen molar-refractivity contribution in [2.45, 2.75) is 20.3 Å². The highest BCUT2D eigenvalue weighted by Gasteiger charge is 2.14. The summed E-state index contributed by atoms with van der Waals surface area (Å²) in [5.74, 6) is -0.000311. The molecule has 4 nitrogen and oxygen atoms in total. The first kappa shape index (κ1) is 16.3. The fourth-order valence-corrected chi connectivity index (χ4v) is 3.24. The van der Waals surface area contributed by atoms with Crippen molar-refractivity contribution in [1.29, 1.82) is 0 Å². The molecule has 0 fully saturated rings. The summed E-state index contributed by atoms with van der Waals surface area (Å²) in [5.41, 5.74) is 4.49. The summed E-state index contributed by atoms with van der Waals surface area (Å²) in [6, 6.07) is 5.96. The number of nitrogens with zero attached hydrogens (tertiary/aromatic N) is 2. The SMILES string of the molecule is CCc1c(C)n(I)c2ccc(C(=O)NCCN(C)C)cc12. The van der Waals surface area contributed by atoms with Crippen molar-refractivity contribution < 1.29 is 4.79 Å². The average molecular weight is 399 g/mol. The van der Waals surface area contributed by atoms with Crippen LogP contribution in [0.1, 0.15) is 28.5 Å². The number of benzene rings is 1. The van der Waals surface area contributed by atoms with Crippen molar-refractivity contribution in [3.05, 3.63) is 35.0 Å². The standard InChI is InChI=1S/C16H22IN3O/c1-5-13-11(2)20(17)15-7-6-12(10-14(13)15)16(21)18-8-9-19(3)4/h6-7,10H,5,8-9H2,1-4H3,(H,18,21). The van der Waals surface area contributed by atoms with Gasteiger partial charge in [0.15, 0.2) is 0 Å². The summed E-state index contributed by atoms with van der Waals surface area (Å²) < 4.78 is 2.17. The predicted molar refractivity (Wildman–Crippen MR) is 96.4 cm³/mol. The lowest BCUT2D eigenvalue weighted by atomic mass is 10.1. The molecular weight excluding hydrogens is 377 g/mol. The minimum absolute atomic E-state index is 0.000311. The first-order chi connectivity index (χ1) is 9.95. The third kappa shape index (κ3) is 3.40. The zero-order valence-electron chi connectivity index (χ0n) is 13.0. The van der Waals surface area contributed by atoms with Gasteiger partial charge in [-0.25, -0.2) is 0 Å². The lowest BCUT2D eigenvalue weighted by molar-refractivity contribution is 0.0951. The molecule has 5 heteroatoms. The molecule has 1 amide bonds. The molecule has 0 bridgehead atoms. The van der Waals surface area contributed by atoms with Gasteiger partial charge < -0.3 is 10.2 Å². The molecule has 0 radical (unpaired) electrons. The van der Waals surface area contributed by atoms with Crippen molar-refractivity contribution in [3.63, 3.8) is 0 Å². The Morgan fingerprint density at radius 3 is 2.71 bits per heavy atom. The van der Waals surface area contributed by atoms with E-state index in [0.717, 1.165) is 18.5 Å². The summed E-state index contributed by atoms with van der Waals surface area (Å²) >= 11 is 2.32. The first-order valence-corrected chi connectivity index (χ1v) is 8.15. The molecule has 0 aliphatic heterocycles. The van der Waals surface area contributed by atoms with Gasteiger partial charge in [0.1, 0.15) is 0 Å². The summed E-state index contributed by atoms with van der Waals surface area (Å²) in [6.45, 7) is 5.79. The van der Waals surface area contributed by atoms with E-state index in [9.17, 15) is 4.79 Å². The number of fused-ring (bicyclic) bond motifs is 1. The number of halogens is 1. The van der Waals surface area contributed by atoms with Crippen LogP contribution in [0.3, 0.4) is 0 Å². The number of hydrogen-bond acceptors (Lipinski definition) is 2. The van der Waals surface area contributed by atoms with Crippen molar-refractivity contribution in [3.8, 4) is 0 Å². The quantitative estimate of drug-likeness (QED) is 0.786. The maximum Gasteiger partial charge on any atom is 0.251 e. The fraction of sp³-hybridized carbons (Fsp3) is 0.438. The van der Waals surface area contributed by atoms with E-state index < -0.39 is 0 Å². The number of aryl methyl sites for hydroxylation is 1. The van der Waals surface area contributed by atoms with Crippen LogP contribution in [0.15, 0.2) is 18.2 Å². The van der Waals surface area contributed by atoms with E-state index in [1.807, 2.05) is 32.3 Å². The molecule has 1 heterocycles. The molecule has 1 aromatic carbocycles. The topological polar surface area (TPSA) is 37.3 Å². The van der Waals surface area contributed by atoms with Gasteiger partial charge in [0.25, 0.3) is 5.91 Å². The van der Waals surface area contributed by atoms with E-state index in [2.05, 4.69) is 49.7 Å². The molecule has 1 N–H and O–H groups in total. The van der Waals surface area contributed by atoms with Gasteiger partial charge in [-0.2, -0.15) is 0 Å². The van der Waals surface area contributed by atoms with Crippen molar-refractivity contribution in [2.75, 3.05) is 27.2 Å². The number of likely N-dealkylation sites (N-methyl/N-ethyl adjacent to an activating group) is 1. The van der Waals surface area contributed by atoms with Gasteiger partial charge in [0, 0.05) is 29.7 Å². The van der Waals surface area contributed by atoms with Crippen molar-refractivity contribution >= 4 is 39.7 Å². The minimum Gasteiger partial charge on any atom is -0.351 e. The van der Waals surface area contributed by atoms with E-state index in [1.165, 1.54) is 22.2 Å². The van der Waals surface area contributed by atoms with Crippen LogP contribution in [0, 0.1) is 6.92 Å². The predicted octanol–water partition coefficient (Wildman–Crippen LogP) is 3.00. The van der Waals surface area contributed by atoms with Crippen LogP contribution in [0.4, 0.5) is 0 Å². The molecule has 1 aromatic heterocycles. The van der Waals surface area contributed by atoms with Gasteiger partial charge in [0.2, 0.25) is 0 Å². The molecule has 2 aromatic rings. The zero-order chi connectivity index (χ0) is 15.6. The summed E-state index contributed by atoms with van der Waals surface area (Å²) in [5, 5.41) is 4.15. The molecule has 2 rings (SSSR count). The Morgan fingerprint density at radius 1 is 1.38 bits per heavy atom. The molecule has 21 heavy (non-hydrogen) atoms. The Kier molecular flexibility index (Phi) is 5.27. The fourth-order valence-electron chi connectivity index (χ4n) is 2.53. The van der Waals surface area contributed by atoms with Gasteiger partial charge in [-0.05, 0) is 51.2 Å². The molecule has 0 spiro atoms. The van der Waals surface area contributed by atoms with Gasteiger partial charge in [-0.3, -0.25) is 7.58 Å². The normalized spacial score (nSPS) is 11.3. The molecule has 0 atom stereocenters. The number of nitrogens with one attached hydrogen (secondary N) is 1. The van der Waals surface area contributed by atoms with Gasteiger partial charge >= 0.3 is 0 Å². The number of aromatic nitrogens is 1. The van der Waals surface area contributed by atoms with Crippen LogP contribution in [0.5, 0.6) is 0 Å². The van der Waals surface area contributed by atoms with Crippen LogP contribution in [-0.2, 0) is 6.42 Å². The molecule has 0 saturated heterocycles. The lowest BCUT2D eigenvalue weighted by Crippen LogP contribution is -2.31. The molecule has 0 unspecified atom stereocenters. The van der Waals surface area contributed by atoms with Gasteiger partial charge in [-0.15, -0.1) is 0 Å². The number of carbonyl (C=O) groups is 1. The molecule has 0 aliphatic rings. The van der Waals surface area contributed by atoms with Gasteiger partial charge in [0.05, 0.1) is 28.4 Å². The second-order valence-electron chi connectivity index (χ2n) is 5.49. The molecular formula is C16H22IN3O. The summed E-state index contributed by atoms with van der Waals surface area (Å²) in [4.78, 5) is 14.3. The summed E-state index contributed by atoms with van der Waals surface area (Å²) in [6.07, 6.45) is 0.976. The van der Waals surface area contributed by atoms with E-state index in [4.69, 9.17) is 0 Å². The van der Waals surface area contributed by atoms with Crippen LogP contribution in [0.2, 0.25) is 0 Å². The smallest absolute Gasteiger partial charge is 0.251 e. The third-order valence-electron chi connectivity index (χ3n) is 3.72. The Hall–Kier alpha value is -1.08. The van der Waals surface area contributed by atoms with Crippen LogP contribution >= 0.6 is 22.9 Å². The third-order valence-corrected chi connectivity index (χ3v) is 4.97. The van der Waals surface area contributed by atoms with Crippen molar-refractivity contribution in [2.24, 2.45) is 0 Å². The van der Waals surface area contributed by atoms with Crippen LogP contribution in [-0.4, -0.2) is 40.8 Å². The zero-order valence-corrected chi connectivity index (χ0v) is 15.2. The second-order valence-corrected chi connectivity index (χ2v) is 6.45. The largest absolute Gasteiger partial charge is 0.351 e. The Morgan fingerprint density at radius 2 is 2.10 bits per heavy atom. The Balaban J connectivity index is 2.28. The minimum atomic E-state index is -0.000311. The lowest BCUT2D eigenvalue weighted by Gasteiger charge is -2.10. The number of rotatable bonds is 5. The monoisotopic (exact) mass is 399 g/mol. The van der Waals surface area contributed by atoms with E-state index in [-0.39, 0.29) is 5.91 Å². The van der Waals surface area contributed by atoms with E-state index in [1.54, 1.807) is 0 Å². The maximum absolute atomic E-state index is 12.2. The number of carbonyl (C=O) groups excluding carboxylic acids is 1. The maximum atomic E-state index is 12.2. The Bertz CT molecular complexity index is 661. The average Bonchev–Trinajstić information content (AvgIpc) is 2.69. The van der Waals surface area contributed by atoms with E-state index >= 15 is 0 Å². The molecule has 0 saturated carbocycles. The van der Waals surface area contributed by atoms with Crippen molar-refractivity contribution in [1.82, 2.24) is 13.0 Å². The van der Waals surface area contributed by atoms with E-state index in [0.29, 0.717) is 6.54 Å². The summed E-state index contributed by atoms with van der Waals surface area (Å²) in [7, 11) is 4.00. The number of amides is 1. The second kappa shape index (κ2) is 6.79. The number of hydrogen-bond donors (Lipinski definition) is 1. The van der Waals surface area contributed by atoms with Crippen LogP contribution < -0.4 is 5.32 Å². The molecule has 0 aliphatic carbocycles. The molecule has 114 valence electrons. The highest BCUT2D eigenvalue weighted by Crippen LogP contribution is 2.29. The first-order valence-electron chi connectivity index (χ1n) is 7.18. The highest BCUT2D eigenvalue weighted by atomic mass is 127. The van der Waals surface area contributed by atoms with Gasteiger partial charge in [-0.1, -0.05) is 6.92 Å². The highest BCUT2D eigenvalue weighted by molar-refractivity contribution is 14.1. The van der Waals surface area contributed by atoms with Crippen LogP contribution in [0.25, 0.3) is 10.9 Å². The Labute approximate surface area is 140 Å².